The maximum atomic E-state index is 12.0. The maximum absolute atomic E-state index is 12.0. The van der Waals surface area contributed by atoms with E-state index in [0.29, 0.717) is 10.6 Å². The number of hydrogen-bond acceptors (Lipinski definition) is 6. The molecule has 0 atom stereocenters. The van der Waals surface area contributed by atoms with Gasteiger partial charge in [-0.25, -0.2) is 4.98 Å². The Bertz CT molecular complexity index is 629. The first-order valence-corrected chi connectivity index (χ1v) is 7.45. The first-order valence-electron chi connectivity index (χ1n) is 6.63. The van der Waals surface area contributed by atoms with Gasteiger partial charge in [0, 0.05) is 19.5 Å². The average molecular weight is 379 g/mol. The van der Waals surface area contributed by atoms with E-state index in [-0.39, 0.29) is 61.2 Å². The number of carboxylic acids is 1. The van der Waals surface area contributed by atoms with Crippen LogP contribution in [-0.4, -0.2) is 46.9 Å². The molecule has 0 aromatic carbocycles. The lowest BCUT2D eigenvalue weighted by molar-refractivity contribution is -0.136. The number of rotatable bonds is 8. The molecule has 2 amide bonds. The molecule has 0 unspecified atom stereocenters. The molecule has 10 nitrogen and oxygen atoms in total. The van der Waals surface area contributed by atoms with E-state index in [9.17, 15) is 14.4 Å². The predicted molar refractivity (Wildman–Crippen MR) is 91.8 cm³/mol. The van der Waals surface area contributed by atoms with Crippen molar-refractivity contribution in [3.63, 3.8) is 0 Å². The van der Waals surface area contributed by atoms with Crippen LogP contribution < -0.4 is 22.1 Å². The molecule has 0 aliphatic rings. The van der Waals surface area contributed by atoms with E-state index < -0.39 is 5.97 Å². The lowest BCUT2D eigenvalue weighted by atomic mass is 10.3. The van der Waals surface area contributed by atoms with Gasteiger partial charge < -0.3 is 27.2 Å². The van der Waals surface area contributed by atoms with Gasteiger partial charge in [-0.1, -0.05) is 11.3 Å². The van der Waals surface area contributed by atoms with Crippen molar-refractivity contribution in [3.8, 4) is 0 Å². The number of aryl methyl sites for hydroxylation is 1. The van der Waals surface area contributed by atoms with Crippen LogP contribution in [0.1, 0.15) is 28.2 Å². The Morgan fingerprint density at radius 3 is 2.42 bits per heavy atom. The van der Waals surface area contributed by atoms with Gasteiger partial charge in [0.25, 0.3) is 5.91 Å². The number of nitrogens with zero attached hydrogens (tertiary/aromatic N) is 2. The number of carbonyl (C=O) groups is 3. The molecule has 0 radical (unpaired) electrons. The Balaban J connectivity index is 0.00000529. The van der Waals surface area contributed by atoms with Gasteiger partial charge in [-0.05, 0) is 6.92 Å². The van der Waals surface area contributed by atoms with Crippen molar-refractivity contribution in [1.29, 1.82) is 0 Å². The highest BCUT2D eigenvalue weighted by atomic mass is 35.5. The van der Waals surface area contributed by atoms with Crippen LogP contribution >= 0.6 is 23.7 Å². The summed E-state index contributed by atoms with van der Waals surface area (Å²) in [6, 6.07) is 0. The summed E-state index contributed by atoms with van der Waals surface area (Å²) >= 11 is 1.04. The minimum Gasteiger partial charge on any atom is -0.481 e. The largest absolute Gasteiger partial charge is 0.481 e. The standard InChI is InChI=1S/C12H18N6O4S.ClH/c1-6-9(23-12(17-6)18-11(13)14)10(22)16-4-2-7(19)15-5-3-8(20)21;/h2-5H2,1H3,(H,15,19)(H,16,22)(H,20,21)(H4,13,14,17,18);1H. The van der Waals surface area contributed by atoms with Crippen LogP contribution in [0.5, 0.6) is 0 Å². The van der Waals surface area contributed by atoms with Gasteiger partial charge in [0.15, 0.2) is 5.96 Å². The Morgan fingerprint density at radius 2 is 1.83 bits per heavy atom. The van der Waals surface area contributed by atoms with Crippen molar-refractivity contribution >= 4 is 52.6 Å². The summed E-state index contributed by atoms with van der Waals surface area (Å²) in [6.07, 6.45) is -0.101. The zero-order valence-electron chi connectivity index (χ0n) is 12.9. The molecule has 0 spiro atoms. The Kier molecular flexibility index (Phi) is 9.35. The lowest BCUT2D eigenvalue weighted by Crippen LogP contribution is -2.31. The fourth-order valence-electron chi connectivity index (χ4n) is 1.52. The summed E-state index contributed by atoms with van der Waals surface area (Å²) in [6.45, 7) is 1.82. The van der Waals surface area contributed by atoms with Crippen molar-refractivity contribution in [2.75, 3.05) is 13.1 Å². The molecule has 1 aromatic heterocycles. The van der Waals surface area contributed by atoms with Crippen LogP contribution in [0.4, 0.5) is 5.13 Å². The Labute approximate surface area is 148 Å². The molecule has 0 saturated carbocycles. The summed E-state index contributed by atoms with van der Waals surface area (Å²) in [7, 11) is 0. The SMILES string of the molecule is Cc1nc(N=C(N)N)sc1C(=O)NCCC(=O)NCCC(=O)O.Cl. The minimum atomic E-state index is -0.990. The fourth-order valence-corrected chi connectivity index (χ4v) is 2.39. The highest BCUT2D eigenvalue weighted by Gasteiger charge is 2.15. The Morgan fingerprint density at radius 1 is 1.21 bits per heavy atom. The van der Waals surface area contributed by atoms with Crippen molar-refractivity contribution in [2.45, 2.75) is 19.8 Å². The van der Waals surface area contributed by atoms with Crippen LogP contribution in [0.15, 0.2) is 4.99 Å². The first kappa shape index (κ1) is 21.6. The monoisotopic (exact) mass is 378 g/mol. The molecule has 7 N–H and O–H groups in total. The molecule has 0 aliphatic heterocycles. The summed E-state index contributed by atoms with van der Waals surface area (Å²) in [5.74, 6) is -1.86. The van der Waals surface area contributed by atoms with Gasteiger partial charge in [0.2, 0.25) is 11.0 Å². The topological polar surface area (TPSA) is 173 Å². The third kappa shape index (κ3) is 7.74. The number of hydrogen-bond donors (Lipinski definition) is 5. The quantitative estimate of drug-likeness (QED) is 0.299. The molecule has 0 bridgehead atoms. The smallest absolute Gasteiger partial charge is 0.305 e. The van der Waals surface area contributed by atoms with Gasteiger partial charge in [-0.2, -0.15) is 4.99 Å². The van der Waals surface area contributed by atoms with Gasteiger partial charge in [0.05, 0.1) is 12.1 Å². The van der Waals surface area contributed by atoms with E-state index in [1.165, 1.54) is 0 Å². The summed E-state index contributed by atoms with van der Waals surface area (Å²) in [4.78, 5) is 41.9. The third-order valence-electron chi connectivity index (χ3n) is 2.51. The highest BCUT2D eigenvalue weighted by molar-refractivity contribution is 7.17. The van der Waals surface area contributed by atoms with E-state index in [1.807, 2.05) is 0 Å². The van der Waals surface area contributed by atoms with E-state index >= 15 is 0 Å². The molecule has 0 fully saturated rings. The van der Waals surface area contributed by atoms with Crippen LogP contribution in [0, 0.1) is 6.92 Å². The van der Waals surface area contributed by atoms with E-state index in [2.05, 4.69) is 20.6 Å². The van der Waals surface area contributed by atoms with Crippen LogP contribution in [0.25, 0.3) is 0 Å². The number of aliphatic imine (C=N–C) groups is 1. The molecule has 1 heterocycles. The third-order valence-corrected chi connectivity index (χ3v) is 3.57. The summed E-state index contributed by atoms with van der Waals surface area (Å²) < 4.78 is 0. The lowest BCUT2D eigenvalue weighted by Gasteiger charge is -2.05. The van der Waals surface area contributed by atoms with Crippen LogP contribution in [0.2, 0.25) is 0 Å². The number of nitrogens with one attached hydrogen (secondary N) is 2. The van der Waals surface area contributed by atoms with Crippen LogP contribution in [-0.2, 0) is 9.59 Å². The average Bonchev–Trinajstić information content (AvgIpc) is 2.78. The number of carboxylic acid groups (broad SMARTS) is 1. The molecular formula is C12H19ClN6O4S. The number of nitrogens with two attached hydrogens (primary N) is 2. The number of aromatic nitrogens is 1. The Hall–Kier alpha value is -2.40. The van der Waals surface area contributed by atoms with Gasteiger partial charge >= 0.3 is 5.97 Å². The molecule has 0 aliphatic carbocycles. The number of halogens is 1. The molecule has 12 heteroatoms. The number of thiazole rings is 1. The highest BCUT2D eigenvalue weighted by Crippen LogP contribution is 2.24. The summed E-state index contributed by atoms with van der Waals surface area (Å²) in [5.41, 5.74) is 11.0. The van der Waals surface area contributed by atoms with Crippen molar-refractivity contribution in [1.82, 2.24) is 15.6 Å². The molecule has 134 valence electrons. The van der Waals surface area contributed by atoms with Crippen molar-refractivity contribution in [2.24, 2.45) is 16.5 Å². The molecule has 1 aromatic rings. The van der Waals surface area contributed by atoms with E-state index in [4.69, 9.17) is 16.6 Å². The van der Waals surface area contributed by atoms with E-state index in [0.717, 1.165) is 11.3 Å². The first-order chi connectivity index (χ1) is 10.8. The second-order valence-corrected chi connectivity index (χ2v) is 5.42. The molecule has 1 rings (SSSR count). The number of guanidine groups is 1. The number of carbonyl (C=O) groups excluding carboxylic acids is 2. The van der Waals surface area contributed by atoms with Crippen molar-refractivity contribution < 1.29 is 19.5 Å². The fraction of sp³-hybridized carbons (Fsp3) is 0.417. The van der Waals surface area contributed by atoms with Gasteiger partial charge in [0.1, 0.15) is 4.88 Å². The minimum absolute atomic E-state index is 0. The molecule has 24 heavy (non-hydrogen) atoms. The zero-order valence-corrected chi connectivity index (χ0v) is 14.5. The van der Waals surface area contributed by atoms with Gasteiger partial charge in [-0.3, -0.25) is 14.4 Å². The number of aliphatic carboxylic acids is 1. The van der Waals surface area contributed by atoms with Crippen molar-refractivity contribution in [3.05, 3.63) is 10.6 Å². The maximum Gasteiger partial charge on any atom is 0.305 e. The zero-order chi connectivity index (χ0) is 17.4. The second-order valence-electron chi connectivity index (χ2n) is 4.45. The van der Waals surface area contributed by atoms with Gasteiger partial charge in [-0.15, -0.1) is 12.4 Å². The van der Waals surface area contributed by atoms with Crippen LogP contribution in [0.3, 0.4) is 0 Å². The summed E-state index contributed by atoms with van der Waals surface area (Å²) in [5, 5.41) is 13.7. The second kappa shape index (κ2) is 10.4. The number of amides is 2. The normalized spacial score (nSPS) is 9.54. The predicted octanol–water partition coefficient (Wildman–Crippen LogP) is -0.511. The molecule has 0 saturated heterocycles. The van der Waals surface area contributed by atoms with E-state index in [1.54, 1.807) is 6.92 Å². The molecular weight excluding hydrogens is 360 g/mol.